The van der Waals surface area contributed by atoms with Crippen molar-refractivity contribution in [2.24, 2.45) is 0 Å². The maximum atomic E-state index is 12.3. The van der Waals surface area contributed by atoms with E-state index in [1.165, 1.54) is 0 Å². The van der Waals surface area contributed by atoms with Crippen LogP contribution in [0.15, 0.2) is 54.6 Å². The van der Waals surface area contributed by atoms with Gasteiger partial charge in [-0.25, -0.2) is 0 Å². The lowest BCUT2D eigenvalue weighted by molar-refractivity contribution is -0.136. The smallest absolute Gasteiger partial charge is 0.282 e. The average Bonchev–Trinajstić information content (AvgIpc) is 2.74. The predicted molar refractivity (Wildman–Crippen MR) is 72.9 cm³/mol. The molecule has 0 spiro atoms. The van der Waals surface area contributed by atoms with E-state index in [0.29, 0.717) is 11.3 Å². The van der Waals surface area contributed by atoms with E-state index in [4.69, 9.17) is 0 Å². The number of rotatable bonds is 2. The van der Waals surface area contributed by atoms with Crippen LogP contribution in [0.25, 0.3) is 0 Å². The Kier molecular flexibility index (Phi) is 2.76. The van der Waals surface area contributed by atoms with Gasteiger partial charge >= 0.3 is 0 Å². The number of aliphatic hydroxyl groups is 1. The van der Waals surface area contributed by atoms with Gasteiger partial charge in [-0.1, -0.05) is 36.4 Å². The van der Waals surface area contributed by atoms with Crippen molar-refractivity contribution in [3.05, 3.63) is 65.7 Å². The second kappa shape index (κ2) is 4.47. The molecule has 2 aromatic rings. The molecule has 0 saturated carbocycles. The second-order valence-electron chi connectivity index (χ2n) is 4.53. The van der Waals surface area contributed by atoms with Gasteiger partial charge in [0.25, 0.3) is 11.8 Å². The summed E-state index contributed by atoms with van der Waals surface area (Å²) in [6.45, 7) is 0. The summed E-state index contributed by atoms with van der Waals surface area (Å²) in [6.07, 6.45) is 0. The van der Waals surface area contributed by atoms with E-state index >= 15 is 0 Å². The maximum Gasteiger partial charge on any atom is 0.282 e. The molecule has 0 aromatic heterocycles. The summed E-state index contributed by atoms with van der Waals surface area (Å²) in [5.41, 5.74) is -0.926. The van der Waals surface area contributed by atoms with Gasteiger partial charge in [-0.05, 0) is 18.2 Å². The van der Waals surface area contributed by atoms with Crippen molar-refractivity contribution < 1.29 is 14.7 Å². The van der Waals surface area contributed by atoms with Gasteiger partial charge in [0.15, 0.2) is 0 Å². The zero-order valence-electron chi connectivity index (χ0n) is 10.5. The minimum atomic E-state index is -2.04. The Labute approximate surface area is 115 Å². The van der Waals surface area contributed by atoms with Gasteiger partial charge in [-0.3, -0.25) is 9.59 Å². The molecule has 0 unspecified atom stereocenters. The Hall–Kier alpha value is -2.66. The van der Waals surface area contributed by atoms with Crippen molar-refractivity contribution in [3.8, 4) is 0 Å². The van der Waals surface area contributed by atoms with Gasteiger partial charge in [0.2, 0.25) is 5.72 Å². The molecule has 5 heteroatoms. The zero-order valence-corrected chi connectivity index (χ0v) is 10.5. The van der Waals surface area contributed by atoms with E-state index in [9.17, 15) is 14.7 Å². The van der Waals surface area contributed by atoms with Crippen molar-refractivity contribution in [1.29, 1.82) is 0 Å². The van der Waals surface area contributed by atoms with E-state index in [-0.39, 0.29) is 5.56 Å². The van der Waals surface area contributed by atoms with Crippen molar-refractivity contribution in [2.75, 3.05) is 5.32 Å². The Morgan fingerprint density at radius 1 is 1.05 bits per heavy atom. The molecule has 20 heavy (non-hydrogen) atoms. The first-order valence-corrected chi connectivity index (χ1v) is 6.12. The van der Waals surface area contributed by atoms with Crippen LogP contribution >= 0.6 is 0 Å². The third-order valence-corrected chi connectivity index (χ3v) is 3.22. The van der Waals surface area contributed by atoms with Crippen molar-refractivity contribution in [2.45, 2.75) is 5.72 Å². The van der Waals surface area contributed by atoms with E-state index in [1.54, 1.807) is 48.5 Å². The summed E-state index contributed by atoms with van der Waals surface area (Å²) in [6, 6.07) is 15.2. The molecule has 2 amide bonds. The summed E-state index contributed by atoms with van der Waals surface area (Å²) in [5, 5.41) is 15.4. The van der Waals surface area contributed by atoms with Gasteiger partial charge in [0.05, 0.1) is 0 Å². The molecule has 100 valence electrons. The van der Waals surface area contributed by atoms with Gasteiger partial charge in [-0.2, -0.15) is 0 Å². The predicted octanol–water partition coefficient (Wildman–Crippen LogP) is 1.21. The first kappa shape index (κ1) is 12.4. The normalized spacial score (nSPS) is 20.1. The summed E-state index contributed by atoms with van der Waals surface area (Å²) in [4.78, 5) is 24.1. The van der Waals surface area contributed by atoms with Crippen molar-refractivity contribution in [3.63, 3.8) is 0 Å². The van der Waals surface area contributed by atoms with Crippen LogP contribution in [0.5, 0.6) is 0 Å². The van der Waals surface area contributed by atoms with Crippen LogP contribution in [0.2, 0.25) is 0 Å². The standard InChI is InChI=1S/C15H12N2O3/c18-13-11-8-4-5-9-12(11)15(20,17-13)14(19)16-10-6-2-1-3-7-10/h1-9,20H,(H,16,19)(H,17,18)/t15-/m0/s1. The van der Waals surface area contributed by atoms with Crippen LogP contribution in [0.1, 0.15) is 15.9 Å². The number of amides is 2. The quantitative estimate of drug-likeness (QED) is 0.766. The largest absolute Gasteiger partial charge is 0.359 e. The van der Waals surface area contributed by atoms with Gasteiger partial charge in [0.1, 0.15) is 0 Å². The van der Waals surface area contributed by atoms with Crippen LogP contribution in [0.3, 0.4) is 0 Å². The average molecular weight is 268 g/mol. The molecule has 0 bridgehead atoms. The van der Waals surface area contributed by atoms with E-state index in [1.807, 2.05) is 6.07 Å². The van der Waals surface area contributed by atoms with E-state index in [2.05, 4.69) is 10.6 Å². The SMILES string of the molecule is O=C1N[C@@](O)(C(=O)Nc2ccccc2)c2ccccc21. The topological polar surface area (TPSA) is 78.4 Å². The summed E-state index contributed by atoms with van der Waals surface area (Å²) in [7, 11) is 0. The number of anilines is 1. The van der Waals surface area contributed by atoms with Crippen molar-refractivity contribution >= 4 is 17.5 Å². The fraction of sp³-hybridized carbons (Fsp3) is 0.0667. The number of nitrogens with one attached hydrogen (secondary N) is 2. The number of hydrogen-bond acceptors (Lipinski definition) is 3. The summed E-state index contributed by atoms with van der Waals surface area (Å²) in [5.74, 6) is -1.16. The molecule has 1 aliphatic rings. The minimum Gasteiger partial charge on any atom is -0.359 e. The molecule has 5 nitrogen and oxygen atoms in total. The number of carbonyl (C=O) groups is 2. The highest BCUT2D eigenvalue weighted by molar-refractivity contribution is 6.09. The lowest BCUT2D eigenvalue weighted by Crippen LogP contribution is -2.49. The molecule has 1 atom stereocenters. The third kappa shape index (κ3) is 1.85. The first-order valence-electron chi connectivity index (χ1n) is 6.12. The van der Waals surface area contributed by atoms with Crippen molar-refractivity contribution in [1.82, 2.24) is 5.32 Å². The van der Waals surface area contributed by atoms with E-state index < -0.39 is 17.5 Å². The highest BCUT2D eigenvalue weighted by atomic mass is 16.3. The third-order valence-electron chi connectivity index (χ3n) is 3.22. The van der Waals surface area contributed by atoms with Crippen LogP contribution in [-0.2, 0) is 10.5 Å². The number of para-hydroxylation sites is 1. The Morgan fingerprint density at radius 3 is 2.45 bits per heavy atom. The molecule has 0 aliphatic carbocycles. The molecular weight excluding hydrogens is 256 g/mol. The lowest BCUT2D eigenvalue weighted by Gasteiger charge is -2.22. The first-order chi connectivity index (χ1) is 9.61. The molecule has 3 rings (SSSR count). The summed E-state index contributed by atoms with van der Waals surface area (Å²) < 4.78 is 0. The fourth-order valence-corrected chi connectivity index (χ4v) is 2.22. The molecular formula is C15H12N2O3. The molecule has 1 aliphatic heterocycles. The number of carbonyl (C=O) groups excluding carboxylic acids is 2. The molecule has 0 radical (unpaired) electrons. The minimum absolute atomic E-state index is 0.262. The fourth-order valence-electron chi connectivity index (χ4n) is 2.22. The second-order valence-corrected chi connectivity index (χ2v) is 4.53. The highest BCUT2D eigenvalue weighted by Crippen LogP contribution is 2.29. The number of hydrogen-bond donors (Lipinski definition) is 3. The van der Waals surface area contributed by atoms with Gasteiger partial charge in [-0.15, -0.1) is 0 Å². The number of fused-ring (bicyclic) bond motifs is 1. The molecule has 2 aromatic carbocycles. The van der Waals surface area contributed by atoms with Crippen LogP contribution in [0, 0.1) is 0 Å². The molecule has 3 N–H and O–H groups in total. The zero-order chi connectivity index (χ0) is 14.2. The van der Waals surface area contributed by atoms with Gasteiger partial charge in [0, 0.05) is 16.8 Å². The highest BCUT2D eigenvalue weighted by Gasteiger charge is 2.47. The van der Waals surface area contributed by atoms with Gasteiger partial charge < -0.3 is 15.7 Å². The molecule has 0 saturated heterocycles. The molecule has 1 heterocycles. The monoisotopic (exact) mass is 268 g/mol. The Balaban J connectivity index is 1.94. The Morgan fingerprint density at radius 2 is 1.70 bits per heavy atom. The molecule has 0 fully saturated rings. The van der Waals surface area contributed by atoms with E-state index in [0.717, 1.165) is 0 Å². The lowest BCUT2D eigenvalue weighted by atomic mass is 10.0. The Bertz CT molecular complexity index is 685. The summed E-state index contributed by atoms with van der Waals surface area (Å²) >= 11 is 0. The van der Waals surface area contributed by atoms with Crippen LogP contribution in [-0.4, -0.2) is 16.9 Å². The van der Waals surface area contributed by atoms with Crippen LogP contribution in [0.4, 0.5) is 5.69 Å². The maximum absolute atomic E-state index is 12.3. The number of benzene rings is 2. The van der Waals surface area contributed by atoms with Crippen LogP contribution < -0.4 is 10.6 Å².